The number of hydrogen-bond donors (Lipinski definition) is 1. The molecule has 2 rings (SSSR count). The summed E-state index contributed by atoms with van der Waals surface area (Å²) >= 11 is 3.39. The number of carbonyl (C=O) groups excluding carboxylic acids is 1. The van der Waals surface area contributed by atoms with Gasteiger partial charge in [0.25, 0.3) is 0 Å². The van der Waals surface area contributed by atoms with Crippen LogP contribution in [0.15, 0.2) is 40.9 Å². The molecule has 2 aromatic carbocycles. The predicted molar refractivity (Wildman–Crippen MR) is 108 cm³/mol. The van der Waals surface area contributed by atoms with Gasteiger partial charge in [-0.15, -0.1) is 0 Å². The Balaban J connectivity index is 2.07. The number of halogens is 1. The third-order valence-electron chi connectivity index (χ3n) is 4.41. The number of carbonyl (C=O) groups is 1. The summed E-state index contributed by atoms with van der Waals surface area (Å²) in [5.41, 5.74) is 2.96. The molecule has 0 saturated carbocycles. The zero-order valence-corrected chi connectivity index (χ0v) is 17.4. The van der Waals surface area contributed by atoms with Crippen LogP contribution >= 0.6 is 15.9 Å². The summed E-state index contributed by atoms with van der Waals surface area (Å²) in [6.07, 6.45) is 0. The van der Waals surface area contributed by atoms with Crippen LogP contribution in [0.3, 0.4) is 0 Å². The van der Waals surface area contributed by atoms with Gasteiger partial charge < -0.3 is 14.8 Å². The molecule has 0 aliphatic heterocycles. The molecule has 0 bridgehead atoms. The number of anilines is 1. The highest BCUT2D eigenvalue weighted by molar-refractivity contribution is 9.10. The van der Waals surface area contributed by atoms with Crippen molar-refractivity contribution in [2.24, 2.45) is 0 Å². The number of aryl methyl sites for hydroxylation is 1. The Kier molecular flexibility index (Phi) is 7.06. The zero-order valence-electron chi connectivity index (χ0n) is 15.8. The minimum Gasteiger partial charge on any atom is -0.493 e. The molecular weight excluding hydrogens is 396 g/mol. The lowest BCUT2D eigenvalue weighted by Crippen LogP contribution is -2.39. The molecule has 1 amide bonds. The van der Waals surface area contributed by atoms with Gasteiger partial charge in [0.1, 0.15) is 0 Å². The zero-order chi connectivity index (χ0) is 19.3. The molecule has 0 aromatic heterocycles. The molecule has 2 aromatic rings. The fraction of sp³-hybridized carbons (Fsp3) is 0.350. The first-order chi connectivity index (χ1) is 12.3. The van der Waals surface area contributed by atoms with E-state index in [0.717, 1.165) is 21.3 Å². The van der Waals surface area contributed by atoms with Crippen molar-refractivity contribution < 1.29 is 14.3 Å². The summed E-state index contributed by atoms with van der Waals surface area (Å²) in [5.74, 6) is 1.35. The summed E-state index contributed by atoms with van der Waals surface area (Å²) in [5, 5.41) is 2.94. The second-order valence-electron chi connectivity index (χ2n) is 6.22. The van der Waals surface area contributed by atoms with E-state index in [-0.39, 0.29) is 11.9 Å². The van der Waals surface area contributed by atoms with E-state index in [4.69, 9.17) is 9.47 Å². The van der Waals surface area contributed by atoms with E-state index in [9.17, 15) is 4.79 Å². The summed E-state index contributed by atoms with van der Waals surface area (Å²) < 4.78 is 11.7. The molecule has 0 radical (unpaired) electrons. The van der Waals surface area contributed by atoms with Gasteiger partial charge in [-0.3, -0.25) is 9.69 Å². The van der Waals surface area contributed by atoms with E-state index >= 15 is 0 Å². The van der Waals surface area contributed by atoms with Gasteiger partial charge in [0.15, 0.2) is 11.5 Å². The maximum absolute atomic E-state index is 12.5. The number of methoxy groups -OCH3 is 2. The van der Waals surface area contributed by atoms with Crippen molar-refractivity contribution in [3.05, 3.63) is 52.0 Å². The normalized spacial score (nSPS) is 12.0. The Morgan fingerprint density at radius 3 is 2.31 bits per heavy atom. The summed E-state index contributed by atoms with van der Waals surface area (Å²) in [6, 6.07) is 11.2. The number of nitrogens with zero attached hydrogens (tertiary/aromatic N) is 1. The van der Waals surface area contributed by atoms with E-state index < -0.39 is 0 Å². The quantitative estimate of drug-likeness (QED) is 0.727. The van der Waals surface area contributed by atoms with Crippen LogP contribution in [0.2, 0.25) is 0 Å². The van der Waals surface area contributed by atoms with Crippen molar-refractivity contribution in [1.82, 2.24) is 4.90 Å². The lowest BCUT2D eigenvalue weighted by Gasteiger charge is -2.25. The average Bonchev–Trinajstić information content (AvgIpc) is 2.63. The van der Waals surface area contributed by atoms with Crippen LogP contribution in [0.4, 0.5) is 5.69 Å². The first kappa shape index (κ1) is 20.3. The topological polar surface area (TPSA) is 50.8 Å². The minimum atomic E-state index is -0.286. The SMILES string of the molecule is COc1cc(C)c(CN(C)[C@@H](C)C(=O)Nc2ccc(Br)cc2)cc1OC. The molecule has 1 N–H and O–H groups in total. The molecule has 0 unspecified atom stereocenters. The number of rotatable bonds is 7. The number of amides is 1. The Labute approximate surface area is 163 Å². The predicted octanol–water partition coefficient (Wildman–Crippen LogP) is 4.23. The molecular formula is C20H25BrN2O3. The number of hydrogen-bond acceptors (Lipinski definition) is 4. The Bertz CT molecular complexity index is 762. The highest BCUT2D eigenvalue weighted by Crippen LogP contribution is 2.31. The fourth-order valence-electron chi connectivity index (χ4n) is 2.58. The van der Waals surface area contributed by atoms with Crippen LogP contribution in [-0.2, 0) is 11.3 Å². The summed E-state index contributed by atoms with van der Waals surface area (Å²) in [6.45, 7) is 4.54. The van der Waals surface area contributed by atoms with E-state index in [1.165, 1.54) is 0 Å². The molecule has 0 spiro atoms. The molecule has 0 aliphatic rings. The first-order valence-corrected chi connectivity index (χ1v) is 9.13. The average molecular weight is 421 g/mol. The highest BCUT2D eigenvalue weighted by atomic mass is 79.9. The van der Waals surface area contributed by atoms with Crippen LogP contribution in [0.25, 0.3) is 0 Å². The van der Waals surface area contributed by atoms with E-state index in [0.29, 0.717) is 18.0 Å². The molecule has 6 heteroatoms. The van der Waals surface area contributed by atoms with Gasteiger partial charge in [-0.2, -0.15) is 0 Å². The van der Waals surface area contributed by atoms with Crippen molar-refractivity contribution in [1.29, 1.82) is 0 Å². The number of likely N-dealkylation sites (N-methyl/N-ethyl adjacent to an activating group) is 1. The second-order valence-corrected chi connectivity index (χ2v) is 7.14. The van der Waals surface area contributed by atoms with Gasteiger partial charge in [-0.1, -0.05) is 15.9 Å². The van der Waals surface area contributed by atoms with Gasteiger partial charge in [0, 0.05) is 16.7 Å². The monoisotopic (exact) mass is 420 g/mol. The Hall–Kier alpha value is -2.05. The molecule has 0 heterocycles. The van der Waals surface area contributed by atoms with Crippen molar-refractivity contribution in [3.8, 4) is 11.5 Å². The van der Waals surface area contributed by atoms with Crippen LogP contribution in [0, 0.1) is 6.92 Å². The number of ether oxygens (including phenoxy) is 2. The summed E-state index contributed by atoms with van der Waals surface area (Å²) in [7, 11) is 5.18. The van der Waals surface area contributed by atoms with E-state index in [1.54, 1.807) is 14.2 Å². The largest absolute Gasteiger partial charge is 0.493 e. The first-order valence-electron chi connectivity index (χ1n) is 8.34. The van der Waals surface area contributed by atoms with Crippen LogP contribution < -0.4 is 14.8 Å². The van der Waals surface area contributed by atoms with Crippen molar-refractivity contribution in [3.63, 3.8) is 0 Å². The van der Waals surface area contributed by atoms with Crippen molar-refractivity contribution in [2.45, 2.75) is 26.4 Å². The third kappa shape index (κ3) is 4.99. The molecule has 140 valence electrons. The maximum atomic E-state index is 12.5. The molecule has 5 nitrogen and oxygen atoms in total. The van der Waals surface area contributed by atoms with E-state index in [1.807, 2.05) is 62.2 Å². The highest BCUT2D eigenvalue weighted by Gasteiger charge is 2.20. The maximum Gasteiger partial charge on any atom is 0.241 e. The second kappa shape index (κ2) is 9.05. The van der Waals surface area contributed by atoms with Crippen LogP contribution in [-0.4, -0.2) is 38.1 Å². The Morgan fingerprint density at radius 2 is 1.73 bits per heavy atom. The number of nitrogens with one attached hydrogen (secondary N) is 1. The molecule has 1 atom stereocenters. The fourth-order valence-corrected chi connectivity index (χ4v) is 2.84. The standard InChI is InChI=1S/C20H25BrN2O3/c1-13-10-18(25-4)19(26-5)11-15(13)12-23(3)14(2)20(24)22-17-8-6-16(21)7-9-17/h6-11,14H,12H2,1-5H3,(H,22,24)/t14-/m0/s1. The third-order valence-corrected chi connectivity index (χ3v) is 4.94. The molecule has 26 heavy (non-hydrogen) atoms. The van der Waals surface area contributed by atoms with Crippen LogP contribution in [0.5, 0.6) is 11.5 Å². The van der Waals surface area contributed by atoms with Gasteiger partial charge in [-0.25, -0.2) is 0 Å². The van der Waals surface area contributed by atoms with Crippen LogP contribution in [0.1, 0.15) is 18.1 Å². The van der Waals surface area contributed by atoms with E-state index in [2.05, 4.69) is 21.2 Å². The van der Waals surface area contributed by atoms with Gasteiger partial charge in [0.05, 0.1) is 20.3 Å². The number of benzene rings is 2. The lowest BCUT2D eigenvalue weighted by molar-refractivity contribution is -0.120. The van der Waals surface area contributed by atoms with Crippen molar-refractivity contribution in [2.75, 3.05) is 26.6 Å². The molecule has 0 aliphatic carbocycles. The Morgan fingerprint density at radius 1 is 1.15 bits per heavy atom. The van der Waals surface area contributed by atoms with Gasteiger partial charge >= 0.3 is 0 Å². The smallest absolute Gasteiger partial charge is 0.241 e. The lowest BCUT2D eigenvalue weighted by atomic mass is 10.1. The van der Waals surface area contributed by atoms with Gasteiger partial charge in [0.2, 0.25) is 5.91 Å². The van der Waals surface area contributed by atoms with Gasteiger partial charge in [-0.05, 0) is 68.4 Å². The minimum absolute atomic E-state index is 0.0482. The summed E-state index contributed by atoms with van der Waals surface area (Å²) in [4.78, 5) is 14.5. The van der Waals surface area contributed by atoms with Crippen molar-refractivity contribution >= 4 is 27.5 Å². The molecule has 0 fully saturated rings. The molecule has 0 saturated heterocycles.